The third-order valence-corrected chi connectivity index (χ3v) is 4.31. The number of rotatable bonds is 9. The molecule has 0 saturated heterocycles. The van der Waals surface area contributed by atoms with E-state index in [9.17, 15) is 19.5 Å². The van der Waals surface area contributed by atoms with E-state index in [4.69, 9.17) is 5.73 Å². The number of aliphatic carboxylic acids is 1. The summed E-state index contributed by atoms with van der Waals surface area (Å²) in [6, 6.07) is 7.90. The standard InChI is InChI=1S/C17H25N3O4/c1-3-17(4-2,15(22)23)11-19-16(24)20-13(10-14(18)21)12-8-6-5-7-9-12/h5-9,13H,3-4,10-11H2,1-2H3,(H2,18,21)(H,22,23)(H2,19,20,24)/t13-/m1/s1. The Labute approximate surface area is 141 Å². The molecule has 0 bridgehead atoms. The summed E-state index contributed by atoms with van der Waals surface area (Å²) >= 11 is 0. The molecule has 0 spiro atoms. The van der Waals surface area contributed by atoms with Gasteiger partial charge < -0.3 is 21.5 Å². The normalized spacial score (nSPS) is 12.2. The van der Waals surface area contributed by atoms with E-state index in [-0.39, 0.29) is 13.0 Å². The first kappa shape index (κ1) is 19.5. The summed E-state index contributed by atoms with van der Waals surface area (Å²) in [5, 5.41) is 14.7. The van der Waals surface area contributed by atoms with Gasteiger partial charge in [-0.05, 0) is 18.4 Å². The maximum Gasteiger partial charge on any atom is 0.315 e. The van der Waals surface area contributed by atoms with E-state index < -0.39 is 29.4 Å². The number of nitrogens with two attached hydrogens (primary N) is 1. The highest BCUT2D eigenvalue weighted by atomic mass is 16.4. The van der Waals surface area contributed by atoms with E-state index in [1.165, 1.54) is 0 Å². The zero-order valence-corrected chi connectivity index (χ0v) is 14.0. The predicted molar refractivity (Wildman–Crippen MR) is 90.2 cm³/mol. The van der Waals surface area contributed by atoms with Gasteiger partial charge in [-0.3, -0.25) is 9.59 Å². The van der Waals surface area contributed by atoms with Crippen molar-refractivity contribution in [3.8, 4) is 0 Å². The van der Waals surface area contributed by atoms with Gasteiger partial charge in [0, 0.05) is 6.54 Å². The number of primary amides is 1. The molecule has 5 N–H and O–H groups in total. The van der Waals surface area contributed by atoms with Crippen LogP contribution >= 0.6 is 0 Å². The van der Waals surface area contributed by atoms with Gasteiger partial charge >= 0.3 is 12.0 Å². The van der Waals surface area contributed by atoms with Gasteiger partial charge in [-0.2, -0.15) is 0 Å². The van der Waals surface area contributed by atoms with Crippen LogP contribution < -0.4 is 16.4 Å². The van der Waals surface area contributed by atoms with E-state index >= 15 is 0 Å². The Balaban J connectivity index is 2.75. The fourth-order valence-electron chi connectivity index (χ4n) is 2.48. The van der Waals surface area contributed by atoms with Gasteiger partial charge in [0.05, 0.1) is 17.9 Å². The van der Waals surface area contributed by atoms with Gasteiger partial charge in [-0.25, -0.2) is 4.79 Å². The lowest BCUT2D eigenvalue weighted by molar-refractivity contribution is -0.149. The quantitative estimate of drug-likeness (QED) is 0.549. The Morgan fingerprint density at radius 3 is 2.21 bits per heavy atom. The van der Waals surface area contributed by atoms with Crippen molar-refractivity contribution in [3.05, 3.63) is 35.9 Å². The highest BCUT2D eigenvalue weighted by Crippen LogP contribution is 2.25. The molecule has 132 valence electrons. The van der Waals surface area contributed by atoms with Gasteiger partial charge in [-0.1, -0.05) is 44.2 Å². The SMILES string of the molecule is CCC(CC)(CNC(=O)N[C@H](CC(N)=O)c1ccccc1)C(=O)O. The van der Waals surface area contributed by atoms with Gasteiger partial charge in [-0.15, -0.1) is 0 Å². The van der Waals surface area contributed by atoms with Crippen LogP contribution in [0.5, 0.6) is 0 Å². The first-order chi connectivity index (χ1) is 11.3. The van der Waals surface area contributed by atoms with Crippen LogP contribution in [0.15, 0.2) is 30.3 Å². The second kappa shape index (κ2) is 8.90. The number of hydrogen-bond donors (Lipinski definition) is 4. The maximum atomic E-state index is 12.1. The van der Waals surface area contributed by atoms with Crippen molar-refractivity contribution in [1.29, 1.82) is 0 Å². The molecule has 0 fully saturated rings. The predicted octanol–water partition coefficient (Wildman–Crippen LogP) is 1.79. The summed E-state index contributed by atoms with van der Waals surface area (Å²) in [5.41, 5.74) is 5.00. The molecule has 24 heavy (non-hydrogen) atoms. The van der Waals surface area contributed by atoms with Gasteiger partial charge in [0.2, 0.25) is 5.91 Å². The Bertz CT molecular complexity index is 570. The fraction of sp³-hybridized carbons (Fsp3) is 0.471. The minimum Gasteiger partial charge on any atom is -0.481 e. The number of carboxylic acids is 1. The lowest BCUT2D eigenvalue weighted by atomic mass is 9.82. The molecule has 0 radical (unpaired) electrons. The van der Waals surface area contributed by atoms with Crippen LogP contribution in [-0.4, -0.2) is 29.6 Å². The molecular weight excluding hydrogens is 310 g/mol. The van der Waals surface area contributed by atoms with Crippen LogP contribution in [0.2, 0.25) is 0 Å². The van der Waals surface area contributed by atoms with Crippen LogP contribution in [0.3, 0.4) is 0 Å². The number of benzene rings is 1. The van der Waals surface area contributed by atoms with Crippen molar-refractivity contribution in [2.45, 2.75) is 39.2 Å². The topological polar surface area (TPSA) is 122 Å². The van der Waals surface area contributed by atoms with Gasteiger partial charge in [0.1, 0.15) is 0 Å². The number of amides is 3. The first-order valence-corrected chi connectivity index (χ1v) is 7.95. The van der Waals surface area contributed by atoms with Crippen LogP contribution in [0.1, 0.15) is 44.7 Å². The number of nitrogens with one attached hydrogen (secondary N) is 2. The van der Waals surface area contributed by atoms with Crippen LogP contribution in [0.25, 0.3) is 0 Å². The Hall–Kier alpha value is -2.57. The Kier molecular flexibility index (Phi) is 7.23. The van der Waals surface area contributed by atoms with E-state index in [1.807, 2.05) is 6.07 Å². The third-order valence-electron chi connectivity index (χ3n) is 4.31. The highest BCUT2D eigenvalue weighted by molar-refractivity contribution is 5.79. The maximum absolute atomic E-state index is 12.1. The van der Waals surface area contributed by atoms with Gasteiger partial charge in [0.25, 0.3) is 0 Å². The molecule has 0 heterocycles. The number of carbonyl (C=O) groups is 3. The third kappa shape index (κ3) is 5.26. The lowest BCUT2D eigenvalue weighted by Crippen LogP contribution is -2.47. The largest absolute Gasteiger partial charge is 0.481 e. The molecule has 1 aromatic rings. The monoisotopic (exact) mass is 335 g/mol. The Morgan fingerprint density at radius 1 is 1.17 bits per heavy atom. The summed E-state index contributed by atoms with van der Waals surface area (Å²) in [6.45, 7) is 3.56. The molecular formula is C17H25N3O4. The summed E-state index contributed by atoms with van der Waals surface area (Å²) < 4.78 is 0. The summed E-state index contributed by atoms with van der Waals surface area (Å²) in [4.78, 5) is 34.8. The average Bonchev–Trinajstić information content (AvgIpc) is 2.56. The van der Waals surface area contributed by atoms with E-state index in [1.54, 1.807) is 38.1 Å². The Morgan fingerprint density at radius 2 is 1.75 bits per heavy atom. The van der Waals surface area contributed by atoms with Crippen molar-refractivity contribution < 1.29 is 19.5 Å². The molecule has 0 aliphatic rings. The molecule has 0 aliphatic heterocycles. The molecule has 1 aromatic carbocycles. The molecule has 0 aliphatic carbocycles. The molecule has 1 atom stereocenters. The number of carbonyl (C=O) groups excluding carboxylic acids is 2. The van der Waals surface area contributed by atoms with Crippen molar-refractivity contribution in [3.63, 3.8) is 0 Å². The minimum atomic E-state index is -0.997. The number of carboxylic acid groups (broad SMARTS) is 1. The summed E-state index contributed by atoms with van der Waals surface area (Å²) in [5.74, 6) is -1.48. The summed E-state index contributed by atoms with van der Waals surface area (Å²) in [7, 11) is 0. The molecule has 0 saturated carbocycles. The van der Waals surface area contributed by atoms with Crippen LogP contribution in [0.4, 0.5) is 4.79 Å². The zero-order chi connectivity index (χ0) is 18.2. The van der Waals surface area contributed by atoms with Crippen LogP contribution in [0, 0.1) is 5.41 Å². The van der Waals surface area contributed by atoms with Gasteiger partial charge in [0.15, 0.2) is 0 Å². The van der Waals surface area contributed by atoms with Crippen LogP contribution in [-0.2, 0) is 9.59 Å². The molecule has 1 rings (SSSR count). The second-order valence-electron chi connectivity index (χ2n) is 5.75. The molecule has 0 unspecified atom stereocenters. The minimum absolute atomic E-state index is 0.0131. The highest BCUT2D eigenvalue weighted by Gasteiger charge is 2.35. The molecule has 0 aromatic heterocycles. The van der Waals surface area contributed by atoms with Crippen molar-refractivity contribution in [1.82, 2.24) is 10.6 Å². The number of hydrogen-bond acceptors (Lipinski definition) is 3. The van der Waals surface area contributed by atoms with Crippen molar-refractivity contribution in [2.75, 3.05) is 6.54 Å². The van der Waals surface area contributed by atoms with E-state index in [2.05, 4.69) is 10.6 Å². The molecule has 3 amide bonds. The number of urea groups is 1. The smallest absolute Gasteiger partial charge is 0.315 e. The van der Waals surface area contributed by atoms with E-state index in [0.29, 0.717) is 12.8 Å². The first-order valence-electron chi connectivity index (χ1n) is 7.95. The molecule has 7 heteroatoms. The zero-order valence-electron chi connectivity index (χ0n) is 14.0. The average molecular weight is 335 g/mol. The summed E-state index contributed by atoms with van der Waals surface area (Å²) in [6.07, 6.45) is 0.772. The van der Waals surface area contributed by atoms with E-state index in [0.717, 1.165) is 5.56 Å². The van der Waals surface area contributed by atoms with Crippen molar-refractivity contribution >= 4 is 17.9 Å². The molecule has 7 nitrogen and oxygen atoms in total. The fourth-order valence-corrected chi connectivity index (χ4v) is 2.48. The second-order valence-corrected chi connectivity index (χ2v) is 5.75. The lowest BCUT2D eigenvalue weighted by Gasteiger charge is -2.27. The van der Waals surface area contributed by atoms with Crippen molar-refractivity contribution in [2.24, 2.45) is 11.1 Å².